The lowest BCUT2D eigenvalue weighted by Crippen LogP contribution is -2.44. The van der Waals surface area contributed by atoms with Crippen LogP contribution in [0.1, 0.15) is 54.1 Å². The second-order valence-corrected chi connectivity index (χ2v) is 7.47. The van der Waals surface area contributed by atoms with Crippen molar-refractivity contribution in [2.24, 2.45) is 0 Å². The van der Waals surface area contributed by atoms with Gasteiger partial charge in [-0.3, -0.25) is 4.79 Å². The highest BCUT2D eigenvalue weighted by molar-refractivity contribution is 5.94. The van der Waals surface area contributed by atoms with E-state index in [1.54, 1.807) is 0 Å². The van der Waals surface area contributed by atoms with Crippen molar-refractivity contribution in [1.29, 1.82) is 0 Å². The van der Waals surface area contributed by atoms with Crippen LogP contribution in [0.2, 0.25) is 0 Å². The lowest BCUT2D eigenvalue weighted by Gasteiger charge is -2.33. The molecule has 2 aromatic carbocycles. The van der Waals surface area contributed by atoms with Crippen LogP contribution in [0.15, 0.2) is 48.5 Å². The Hall–Kier alpha value is -3.02. The molecule has 2 N–H and O–H groups in total. The zero-order valence-electron chi connectivity index (χ0n) is 17.8. The fourth-order valence-electron chi connectivity index (χ4n) is 3.85. The van der Waals surface area contributed by atoms with Crippen LogP contribution in [-0.4, -0.2) is 43.1 Å². The van der Waals surface area contributed by atoms with Crippen LogP contribution >= 0.6 is 0 Å². The molecule has 1 atom stereocenters. The van der Waals surface area contributed by atoms with Crippen LogP contribution in [0.4, 0.5) is 4.79 Å². The first-order chi connectivity index (χ1) is 14.6. The number of para-hydroxylation sites is 1. The first-order valence-corrected chi connectivity index (χ1v) is 10.7. The molecule has 30 heavy (non-hydrogen) atoms. The average molecular weight is 410 g/mol. The summed E-state index contributed by atoms with van der Waals surface area (Å²) in [6.45, 7) is 6.95. The Morgan fingerprint density at radius 1 is 1.10 bits per heavy atom. The molecule has 1 fully saturated rings. The van der Waals surface area contributed by atoms with Gasteiger partial charge in [-0.05, 0) is 50.5 Å². The third kappa shape index (κ3) is 5.53. The Labute approximate surface area is 178 Å². The van der Waals surface area contributed by atoms with Crippen molar-refractivity contribution in [3.8, 4) is 5.75 Å². The van der Waals surface area contributed by atoms with Crippen LogP contribution in [0.5, 0.6) is 5.75 Å². The maximum Gasteiger partial charge on any atom is 0.317 e. The number of ether oxygens (including phenoxy) is 1. The van der Waals surface area contributed by atoms with Gasteiger partial charge in [-0.1, -0.05) is 30.3 Å². The number of nitrogens with one attached hydrogen (secondary N) is 2. The van der Waals surface area contributed by atoms with Gasteiger partial charge >= 0.3 is 6.03 Å². The largest absolute Gasteiger partial charge is 0.494 e. The van der Waals surface area contributed by atoms with E-state index in [1.165, 1.54) is 0 Å². The number of nitrogens with zero attached hydrogens (tertiary/aromatic N) is 1. The highest BCUT2D eigenvalue weighted by Gasteiger charge is 2.25. The Morgan fingerprint density at radius 2 is 1.93 bits per heavy atom. The van der Waals surface area contributed by atoms with Crippen LogP contribution in [-0.2, 0) is 6.54 Å². The summed E-state index contributed by atoms with van der Waals surface area (Å²) in [7, 11) is 0. The number of piperidine rings is 1. The van der Waals surface area contributed by atoms with E-state index < -0.39 is 0 Å². The van der Waals surface area contributed by atoms with E-state index in [0.717, 1.165) is 36.3 Å². The van der Waals surface area contributed by atoms with Gasteiger partial charge in [0.2, 0.25) is 0 Å². The van der Waals surface area contributed by atoms with Crippen molar-refractivity contribution in [2.45, 2.75) is 39.2 Å². The summed E-state index contributed by atoms with van der Waals surface area (Å²) in [6.07, 6.45) is 1.98. The molecule has 6 nitrogen and oxygen atoms in total. The number of amides is 3. The molecule has 2 aromatic rings. The lowest BCUT2D eigenvalue weighted by molar-refractivity contribution is 0.0950. The van der Waals surface area contributed by atoms with Gasteiger partial charge in [0.1, 0.15) is 5.75 Å². The summed E-state index contributed by atoms with van der Waals surface area (Å²) in [5, 5.41) is 5.87. The summed E-state index contributed by atoms with van der Waals surface area (Å²) < 4.78 is 5.63. The normalized spacial score (nSPS) is 16.1. The molecule has 0 radical (unpaired) electrons. The predicted octanol–water partition coefficient (Wildman–Crippen LogP) is 3.92. The van der Waals surface area contributed by atoms with E-state index >= 15 is 0 Å². The van der Waals surface area contributed by atoms with Crippen LogP contribution in [0, 0.1) is 0 Å². The first kappa shape index (κ1) is 21.7. The molecule has 0 aliphatic carbocycles. The van der Waals surface area contributed by atoms with Crippen LogP contribution in [0.25, 0.3) is 0 Å². The van der Waals surface area contributed by atoms with E-state index in [2.05, 4.69) is 10.6 Å². The smallest absolute Gasteiger partial charge is 0.317 e. The second-order valence-electron chi connectivity index (χ2n) is 7.47. The zero-order chi connectivity index (χ0) is 21.3. The molecular weight excluding hydrogens is 378 g/mol. The van der Waals surface area contributed by atoms with Gasteiger partial charge in [0.25, 0.3) is 5.91 Å². The van der Waals surface area contributed by atoms with Gasteiger partial charge in [-0.25, -0.2) is 4.79 Å². The van der Waals surface area contributed by atoms with Crippen molar-refractivity contribution in [3.63, 3.8) is 0 Å². The van der Waals surface area contributed by atoms with Crippen molar-refractivity contribution in [2.75, 3.05) is 26.2 Å². The van der Waals surface area contributed by atoms with Crippen LogP contribution in [0.3, 0.4) is 0 Å². The number of carbonyl (C=O) groups is 2. The first-order valence-electron chi connectivity index (χ1n) is 10.7. The number of urea groups is 1. The molecule has 1 heterocycles. The van der Waals surface area contributed by atoms with Crippen molar-refractivity contribution in [3.05, 3.63) is 65.2 Å². The van der Waals surface area contributed by atoms with Gasteiger partial charge in [-0.2, -0.15) is 0 Å². The van der Waals surface area contributed by atoms with Crippen molar-refractivity contribution < 1.29 is 14.3 Å². The molecule has 160 valence electrons. The number of hydrogen-bond donors (Lipinski definition) is 2. The van der Waals surface area contributed by atoms with Gasteiger partial charge in [0.05, 0.1) is 6.61 Å². The molecule has 0 bridgehead atoms. The molecule has 1 aliphatic rings. The van der Waals surface area contributed by atoms with Gasteiger partial charge < -0.3 is 20.3 Å². The number of carbonyl (C=O) groups excluding carboxylic acids is 2. The molecular formula is C24H31N3O3. The summed E-state index contributed by atoms with van der Waals surface area (Å²) in [5.74, 6) is 0.925. The molecule has 3 rings (SSSR count). The average Bonchev–Trinajstić information content (AvgIpc) is 2.79. The summed E-state index contributed by atoms with van der Waals surface area (Å²) >= 11 is 0. The minimum atomic E-state index is -0.112. The number of hydrogen-bond acceptors (Lipinski definition) is 3. The third-order valence-electron chi connectivity index (χ3n) is 5.37. The Kier molecular flexibility index (Phi) is 7.71. The van der Waals surface area contributed by atoms with Gasteiger partial charge in [0.15, 0.2) is 0 Å². The Bertz CT molecular complexity index is 868. The Morgan fingerprint density at radius 3 is 2.73 bits per heavy atom. The monoisotopic (exact) mass is 409 g/mol. The maximum absolute atomic E-state index is 12.8. The quantitative estimate of drug-likeness (QED) is 0.728. The highest BCUT2D eigenvalue weighted by Crippen LogP contribution is 2.27. The minimum Gasteiger partial charge on any atom is -0.494 e. The highest BCUT2D eigenvalue weighted by atomic mass is 16.5. The van der Waals surface area contributed by atoms with E-state index in [4.69, 9.17) is 4.74 Å². The fourth-order valence-corrected chi connectivity index (χ4v) is 3.85. The van der Waals surface area contributed by atoms with Crippen LogP contribution < -0.4 is 15.4 Å². The van der Waals surface area contributed by atoms with Gasteiger partial charge in [0, 0.05) is 43.2 Å². The summed E-state index contributed by atoms with van der Waals surface area (Å²) in [6, 6.07) is 15.5. The second kappa shape index (κ2) is 10.7. The SMILES string of the molecule is CCNC(=O)N1CCC[C@@H](c2cccc(C(=O)NCc3ccccc3OCC)c2)C1. The van der Waals surface area contributed by atoms with E-state index in [0.29, 0.717) is 31.8 Å². The van der Waals surface area contributed by atoms with E-state index in [1.807, 2.05) is 67.3 Å². The standard InChI is InChI=1S/C24H31N3O3/c1-3-25-24(29)27-14-8-12-21(17-27)18-10-7-11-19(15-18)23(28)26-16-20-9-5-6-13-22(20)30-4-2/h5-7,9-11,13,15,21H,3-4,8,12,14,16-17H2,1-2H3,(H,25,29)(H,26,28)/t21-/m1/s1. The van der Waals surface area contributed by atoms with E-state index in [-0.39, 0.29) is 17.9 Å². The molecule has 0 aromatic heterocycles. The lowest BCUT2D eigenvalue weighted by atomic mass is 9.89. The maximum atomic E-state index is 12.8. The third-order valence-corrected chi connectivity index (χ3v) is 5.37. The summed E-state index contributed by atoms with van der Waals surface area (Å²) in [4.78, 5) is 26.8. The van der Waals surface area contributed by atoms with Crippen molar-refractivity contribution in [1.82, 2.24) is 15.5 Å². The number of benzene rings is 2. The predicted molar refractivity (Wildman–Crippen MR) is 118 cm³/mol. The van der Waals surface area contributed by atoms with Crippen molar-refractivity contribution >= 4 is 11.9 Å². The fraction of sp³-hybridized carbons (Fsp3) is 0.417. The molecule has 3 amide bonds. The minimum absolute atomic E-state index is 0.0101. The molecule has 0 saturated carbocycles. The van der Waals surface area contributed by atoms with E-state index in [9.17, 15) is 9.59 Å². The molecule has 0 spiro atoms. The molecule has 6 heteroatoms. The molecule has 0 unspecified atom stereocenters. The number of likely N-dealkylation sites (tertiary alicyclic amines) is 1. The summed E-state index contributed by atoms with van der Waals surface area (Å²) in [5.41, 5.74) is 2.69. The Balaban J connectivity index is 1.65. The topological polar surface area (TPSA) is 70.7 Å². The number of rotatable bonds is 7. The van der Waals surface area contributed by atoms with Gasteiger partial charge in [-0.15, -0.1) is 0 Å². The zero-order valence-corrected chi connectivity index (χ0v) is 17.8. The molecule has 1 aliphatic heterocycles. The molecule has 1 saturated heterocycles.